The third-order valence-corrected chi connectivity index (χ3v) is 4.92. The molecule has 1 amide bonds. The highest BCUT2D eigenvalue weighted by molar-refractivity contribution is 7.16. The van der Waals surface area contributed by atoms with Gasteiger partial charge in [-0.15, -0.1) is 11.3 Å². The second-order valence-corrected chi connectivity index (χ2v) is 6.05. The summed E-state index contributed by atoms with van der Waals surface area (Å²) in [6, 6.07) is 2.15. The van der Waals surface area contributed by atoms with Crippen LogP contribution < -0.4 is 5.32 Å². The average molecular weight is 276 g/mol. The summed E-state index contributed by atoms with van der Waals surface area (Å²) in [7, 11) is 0. The summed E-state index contributed by atoms with van der Waals surface area (Å²) in [4.78, 5) is 23.8. The van der Waals surface area contributed by atoms with Crippen molar-refractivity contribution in [2.24, 2.45) is 11.8 Å². The Morgan fingerprint density at radius 2 is 2.16 bits per heavy atom. The van der Waals surface area contributed by atoms with Crippen LogP contribution in [0, 0.1) is 23.2 Å². The van der Waals surface area contributed by atoms with E-state index in [1.165, 1.54) is 16.2 Å². The van der Waals surface area contributed by atoms with Gasteiger partial charge in [-0.2, -0.15) is 5.26 Å². The van der Waals surface area contributed by atoms with Gasteiger partial charge in [0.1, 0.15) is 11.1 Å². The number of nitrogens with zero attached hydrogens (tertiary/aromatic N) is 1. The van der Waals surface area contributed by atoms with Gasteiger partial charge in [-0.3, -0.25) is 9.59 Å². The number of aryl methyl sites for hydroxylation is 1. The van der Waals surface area contributed by atoms with E-state index in [9.17, 15) is 14.9 Å². The van der Waals surface area contributed by atoms with Crippen LogP contribution in [0.4, 0.5) is 5.00 Å². The molecule has 1 saturated carbocycles. The predicted molar refractivity (Wildman–Crippen MR) is 68.9 cm³/mol. The molecule has 6 heteroatoms. The van der Waals surface area contributed by atoms with Crippen LogP contribution in [-0.2, 0) is 22.4 Å². The predicted octanol–water partition coefficient (Wildman–Crippen LogP) is 1.77. The van der Waals surface area contributed by atoms with Crippen molar-refractivity contribution in [2.45, 2.75) is 25.7 Å². The van der Waals surface area contributed by atoms with Crippen molar-refractivity contribution in [1.82, 2.24) is 0 Å². The highest BCUT2D eigenvalue weighted by Gasteiger charge is 2.48. The molecule has 2 aliphatic rings. The SMILES string of the molecule is N#Cc1c(NC(=O)[C@@H]2C[C@@H]2C(=O)O)sc2c1CCC2. The Morgan fingerprint density at radius 1 is 1.37 bits per heavy atom. The second-order valence-electron chi connectivity index (χ2n) is 4.95. The van der Waals surface area contributed by atoms with Crippen molar-refractivity contribution >= 4 is 28.2 Å². The number of fused-ring (bicyclic) bond motifs is 1. The first-order chi connectivity index (χ1) is 9.11. The zero-order valence-corrected chi connectivity index (χ0v) is 10.9. The van der Waals surface area contributed by atoms with Gasteiger partial charge in [0.25, 0.3) is 0 Å². The molecule has 0 aliphatic heterocycles. The van der Waals surface area contributed by atoms with Crippen LogP contribution in [0.3, 0.4) is 0 Å². The lowest BCUT2D eigenvalue weighted by molar-refractivity contribution is -0.139. The minimum atomic E-state index is -0.922. The van der Waals surface area contributed by atoms with E-state index in [0.29, 0.717) is 17.0 Å². The maximum Gasteiger partial charge on any atom is 0.307 e. The number of amides is 1. The number of hydrogen-bond donors (Lipinski definition) is 2. The van der Waals surface area contributed by atoms with E-state index >= 15 is 0 Å². The van der Waals surface area contributed by atoms with Crippen molar-refractivity contribution in [2.75, 3.05) is 5.32 Å². The van der Waals surface area contributed by atoms with Crippen molar-refractivity contribution in [3.63, 3.8) is 0 Å². The first-order valence-electron chi connectivity index (χ1n) is 6.20. The molecule has 2 atom stereocenters. The molecule has 0 bridgehead atoms. The van der Waals surface area contributed by atoms with Crippen LogP contribution in [-0.4, -0.2) is 17.0 Å². The molecular formula is C13H12N2O3S. The lowest BCUT2D eigenvalue weighted by atomic mass is 10.1. The Morgan fingerprint density at radius 3 is 2.79 bits per heavy atom. The van der Waals surface area contributed by atoms with Crippen LogP contribution in [0.15, 0.2) is 0 Å². The van der Waals surface area contributed by atoms with E-state index in [2.05, 4.69) is 11.4 Å². The Kier molecular flexibility index (Phi) is 2.79. The second kappa shape index (κ2) is 4.35. The number of carbonyl (C=O) groups excluding carboxylic acids is 1. The molecule has 1 heterocycles. The van der Waals surface area contributed by atoms with Gasteiger partial charge in [0.2, 0.25) is 5.91 Å². The minimum absolute atomic E-state index is 0.274. The Labute approximate surface area is 113 Å². The number of nitriles is 1. The molecule has 1 aromatic heterocycles. The number of aliphatic carboxylic acids is 1. The van der Waals surface area contributed by atoms with Crippen molar-refractivity contribution in [3.8, 4) is 6.07 Å². The van der Waals surface area contributed by atoms with Gasteiger partial charge in [-0.05, 0) is 31.2 Å². The highest BCUT2D eigenvalue weighted by atomic mass is 32.1. The molecule has 3 rings (SSSR count). The molecule has 0 radical (unpaired) electrons. The summed E-state index contributed by atoms with van der Waals surface area (Å²) >= 11 is 1.45. The maximum absolute atomic E-state index is 11.9. The summed E-state index contributed by atoms with van der Waals surface area (Å²) in [6.07, 6.45) is 3.32. The summed E-state index contributed by atoms with van der Waals surface area (Å²) in [5.41, 5.74) is 1.63. The number of hydrogen-bond acceptors (Lipinski definition) is 4. The van der Waals surface area contributed by atoms with Crippen molar-refractivity contribution in [1.29, 1.82) is 5.26 Å². The molecule has 2 N–H and O–H groups in total. The number of rotatable bonds is 3. The topological polar surface area (TPSA) is 90.2 Å². The normalized spacial score (nSPS) is 23.5. The summed E-state index contributed by atoms with van der Waals surface area (Å²) in [5, 5.41) is 21.3. The molecule has 1 aromatic rings. The largest absolute Gasteiger partial charge is 0.481 e. The number of anilines is 1. The summed E-state index contributed by atoms with van der Waals surface area (Å²) in [6.45, 7) is 0. The number of carboxylic acid groups (broad SMARTS) is 1. The zero-order chi connectivity index (χ0) is 13.6. The molecule has 0 spiro atoms. The number of thiophene rings is 1. The van der Waals surface area contributed by atoms with Gasteiger partial charge in [0, 0.05) is 4.88 Å². The quantitative estimate of drug-likeness (QED) is 0.880. The van der Waals surface area contributed by atoms with E-state index in [4.69, 9.17) is 5.11 Å². The molecule has 98 valence electrons. The fraction of sp³-hybridized carbons (Fsp3) is 0.462. The molecule has 1 fully saturated rings. The molecular weight excluding hydrogens is 264 g/mol. The average Bonchev–Trinajstić information content (AvgIpc) is 2.95. The smallest absolute Gasteiger partial charge is 0.307 e. The Bertz CT molecular complexity index is 614. The van der Waals surface area contributed by atoms with Gasteiger partial charge in [-0.1, -0.05) is 0 Å². The third kappa shape index (κ3) is 2.00. The van der Waals surface area contributed by atoms with E-state index in [1.54, 1.807) is 0 Å². The van der Waals surface area contributed by atoms with Crippen LogP contribution in [0.25, 0.3) is 0 Å². The summed E-state index contributed by atoms with van der Waals surface area (Å²) in [5.74, 6) is -2.20. The van der Waals surface area contributed by atoms with E-state index < -0.39 is 17.8 Å². The fourth-order valence-electron chi connectivity index (χ4n) is 2.57. The zero-order valence-electron chi connectivity index (χ0n) is 10.1. The standard InChI is InChI=1S/C13H12N2O3S/c14-5-9-6-2-1-3-10(6)19-12(9)15-11(16)7-4-8(7)13(17)18/h7-8H,1-4H2,(H,15,16)(H,17,18)/t7-,8+/m1/s1. The molecule has 0 saturated heterocycles. The van der Waals surface area contributed by atoms with Crippen LogP contribution in [0.2, 0.25) is 0 Å². The van der Waals surface area contributed by atoms with Gasteiger partial charge < -0.3 is 10.4 Å². The number of nitrogens with one attached hydrogen (secondary N) is 1. The summed E-state index contributed by atoms with van der Waals surface area (Å²) < 4.78 is 0. The lowest BCUT2D eigenvalue weighted by Gasteiger charge is -2.02. The molecule has 19 heavy (non-hydrogen) atoms. The highest BCUT2D eigenvalue weighted by Crippen LogP contribution is 2.42. The first kappa shape index (κ1) is 12.2. The van der Waals surface area contributed by atoms with Crippen molar-refractivity contribution in [3.05, 3.63) is 16.0 Å². The van der Waals surface area contributed by atoms with Gasteiger partial charge in [-0.25, -0.2) is 0 Å². The first-order valence-corrected chi connectivity index (χ1v) is 7.01. The third-order valence-electron chi connectivity index (χ3n) is 3.71. The van der Waals surface area contributed by atoms with Crippen LogP contribution in [0.1, 0.15) is 28.8 Å². The monoisotopic (exact) mass is 276 g/mol. The molecule has 5 nitrogen and oxygen atoms in total. The molecule has 0 unspecified atom stereocenters. The van der Waals surface area contributed by atoms with Crippen molar-refractivity contribution < 1.29 is 14.7 Å². The molecule has 0 aromatic carbocycles. The lowest BCUT2D eigenvalue weighted by Crippen LogP contribution is -2.16. The molecule has 2 aliphatic carbocycles. The van der Waals surface area contributed by atoms with Gasteiger partial charge in [0.05, 0.1) is 17.4 Å². The Hall–Kier alpha value is -1.87. The maximum atomic E-state index is 11.9. The van der Waals surface area contributed by atoms with Crippen LogP contribution >= 0.6 is 11.3 Å². The van der Waals surface area contributed by atoms with E-state index in [1.807, 2.05) is 0 Å². The van der Waals surface area contributed by atoms with E-state index in [0.717, 1.165) is 24.8 Å². The number of carboxylic acids is 1. The van der Waals surface area contributed by atoms with E-state index in [-0.39, 0.29) is 5.91 Å². The fourth-order valence-corrected chi connectivity index (χ4v) is 3.82. The number of carbonyl (C=O) groups is 2. The Balaban J connectivity index is 1.76. The van der Waals surface area contributed by atoms with Gasteiger partial charge >= 0.3 is 5.97 Å². The van der Waals surface area contributed by atoms with Gasteiger partial charge in [0.15, 0.2) is 0 Å². The minimum Gasteiger partial charge on any atom is -0.481 e. The van der Waals surface area contributed by atoms with Crippen LogP contribution in [0.5, 0.6) is 0 Å².